The van der Waals surface area contributed by atoms with Crippen molar-refractivity contribution >= 4 is 23.3 Å². The molecule has 6 heteroatoms. The minimum atomic E-state index is -0.145. The van der Waals surface area contributed by atoms with Gasteiger partial charge in [-0.1, -0.05) is 60.7 Å². The first-order valence-electron chi connectivity index (χ1n) is 11.1. The van der Waals surface area contributed by atoms with Gasteiger partial charge in [0.15, 0.2) is 0 Å². The molecule has 0 fully saturated rings. The highest BCUT2D eigenvalue weighted by atomic mass is 16.2. The average Bonchev–Trinajstić information content (AvgIpc) is 2.83. The van der Waals surface area contributed by atoms with Gasteiger partial charge >= 0.3 is 6.03 Å². The monoisotopic (exact) mass is 444 g/mol. The van der Waals surface area contributed by atoms with E-state index in [-0.39, 0.29) is 11.9 Å². The van der Waals surface area contributed by atoms with Gasteiger partial charge in [-0.2, -0.15) is 0 Å². The molecule has 0 atom stereocenters. The molecular formula is C27H32N4O2. The number of hydrogen-bond acceptors (Lipinski definition) is 3. The van der Waals surface area contributed by atoms with Gasteiger partial charge in [0.2, 0.25) is 5.91 Å². The number of hydrogen-bond donors (Lipinski definition) is 1. The molecule has 33 heavy (non-hydrogen) atoms. The molecule has 0 aliphatic rings. The fraction of sp³-hybridized carbons (Fsp3) is 0.259. The molecule has 3 aromatic rings. The van der Waals surface area contributed by atoms with Gasteiger partial charge in [0.25, 0.3) is 0 Å². The highest BCUT2D eigenvalue weighted by Crippen LogP contribution is 2.16. The van der Waals surface area contributed by atoms with Crippen molar-refractivity contribution in [2.45, 2.75) is 13.0 Å². The maximum Gasteiger partial charge on any atom is 0.322 e. The topological polar surface area (TPSA) is 55.9 Å². The summed E-state index contributed by atoms with van der Waals surface area (Å²) in [5.41, 5.74) is 3.55. The van der Waals surface area contributed by atoms with Gasteiger partial charge in [-0.3, -0.25) is 4.79 Å². The number of benzene rings is 3. The van der Waals surface area contributed by atoms with Crippen LogP contribution >= 0.6 is 0 Å². The Morgan fingerprint density at radius 3 is 1.94 bits per heavy atom. The summed E-state index contributed by atoms with van der Waals surface area (Å²) in [5.74, 6) is 0.00991. The van der Waals surface area contributed by atoms with Crippen LogP contribution in [0.2, 0.25) is 0 Å². The fourth-order valence-electron chi connectivity index (χ4n) is 3.37. The second kappa shape index (κ2) is 11.8. The highest BCUT2D eigenvalue weighted by Gasteiger charge is 2.15. The molecule has 0 spiro atoms. The van der Waals surface area contributed by atoms with Gasteiger partial charge in [-0.05, 0) is 49.5 Å². The number of carbonyl (C=O) groups is 2. The summed E-state index contributed by atoms with van der Waals surface area (Å²) in [6.45, 7) is 1.93. The van der Waals surface area contributed by atoms with Crippen LogP contribution in [0.1, 0.15) is 11.1 Å². The van der Waals surface area contributed by atoms with E-state index in [1.165, 1.54) is 0 Å². The summed E-state index contributed by atoms with van der Waals surface area (Å²) in [6.07, 6.45) is 0.294. The van der Waals surface area contributed by atoms with E-state index in [1.54, 1.807) is 11.9 Å². The molecule has 0 aromatic heterocycles. The number of anilines is 2. The molecule has 0 unspecified atom stereocenters. The SMILES string of the molecule is CN(C)CCN(Cc1ccccc1)C(=O)Nc1ccc(CC(=O)N(C)c2ccccc2)cc1. The van der Waals surface area contributed by atoms with E-state index in [9.17, 15) is 9.59 Å². The normalized spacial score (nSPS) is 10.7. The first-order valence-corrected chi connectivity index (χ1v) is 11.1. The maximum atomic E-state index is 13.0. The number of likely N-dealkylation sites (N-methyl/N-ethyl adjacent to an activating group) is 2. The average molecular weight is 445 g/mol. The number of nitrogens with zero attached hydrogens (tertiary/aromatic N) is 3. The summed E-state index contributed by atoms with van der Waals surface area (Å²) < 4.78 is 0. The molecule has 172 valence electrons. The van der Waals surface area contributed by atoms with Crippen LogP contribution in [-0.4, -0.2) is 56.0 Å². The van der Waals surface area contributed by atoms with E-state index in [2.05, 4.69) is 10.2 Å². The third-order valence-corrected chi connectivity index (χ3v) is 5.40. The zero-order chi connectivity index (χ0) is 23.6. The van der Waals surface area contributed by atoms with Crippen LogP contribution < -0.4 is 10.2 Å². The molecule has 3 rings (SSSR count). The molecule has 0 saturated carbocycles. The molecule has 0 aliphatic heterocycles. The lowest BCUT2D eigenvalue weighted by Crippen LogP contribution is -2.39. The van der Waals surface area contributed by atoms with Crippen LogP contribution in [0.15, 0.2) is 84.9 Å². The number of carbonyl (C=O) groups excluding carboxylic acids is 2. The number of nitrogens with one attached hydrogen (secondary N) is 1. The Morgan fingerprint density at radius 2 is 1.33 bits per heavy atom. The van der Waals surface area contributed by atoms with E-state index in [4.69, 9.17) is 0 Å². The smallest absolute Gasteiger partial charge is 0.319 e. The Balaban J connectivity index is 1.60. The van der Waals surface area contributed by atoms with Crippen LogP contribution in [0.3, 0.4) is 0 Å². The third kappa shape index (κ3) is 7.47. The Morgan fingerprint density at radius 1 is 0.727 bits per heavy atom. The lowest BCUT2D eigenvalue weighted by atomic mass is 10.1. The standard InChI is InChI=1S/C27H32N4O2/c1-29(2)18-19-31(21-23-10-6-4-7-11-23)27(33)28-24-16-14-22(15-17-24)20-26(32)30(3)25-12-8-5-9-13-25/h4-17H,18-21H2,1-3H3,(H,28,33). The minimum absolute atomic E-state index is 0.00991. The number of amides is 3. The molecule has 6 nitrogen and oxygen atoms in total. The van der Waals surface area contributed by atoms with Crippen molar-refractivity contribution in [1.29, 1.82) is 0 Å². The maximum absolute atomic E-state index is 13.0. The second-order valence-corrected chi connectivity index (χ2v) is 8.30. The predicted molar refractivity (Wildman–Crippen MR) is 134 cm³/mol. The van der Waals surface area contributed by atoms with Crippen LogP contribution in [0, 0.1) is 0 Å². The van der Waals surface area contributed by atoms with Crippen molar-refractivity contribution in [2.24, 2.45) is 0 Å². The van der Waals surface area contributed by atoms with Crippen LogP contribution in [0.25, 0.3) is 0 Å². The number of rotatable bonds is 9. The van der Waals surface area contributed by atoms with Crippen LogP contribution in [-0.2, 0) is 17.8 Å². The van der Waals surface area contributed by atoms with Crippen molar-refractivity contribution < 1.29 is 9.59 Å². The number of para-hydroxylation sites is 1. The zero-order valence-electron chi connectivity index (χ0n) is 19.6. The van der Waals surface area contributed by atoms with Gasteiger partial charge in [-0.25, -0.2) is 4.79 Å². The van der Waals surface area contributed by atoms with E-state index in [0.29, 0.717) is 25.2 Å². The highest BCUT2D eigenvalue weighted by molar-refractivity contribution is 5.94. The van der Waals surface area contributed by atoms with Crippen molar-refractivity contribution in [2.75, 3.05) is 44.4 Å². The number of urea groups is 1. The summed E-state index contributed by atoms with van der Waals surface area (Å²) in [4.78, 5) is 31.1. The van der Waals surface area contributed by atoms with Gasteiger partial charge in [-0.15, -0.1) is 0 Å². The van der Waals surface area contributed by atoms with Crippen LogP contribution in [0.5, 0.6) is 0 Å². The molecule has 3 aromatic carbocycles. The fourth-order valence-corrected chi connectivity index (χ4v) is 3.37. The van der Waals surface area contributed by atoms with Crippen molar-refractivity contribution in [1.82, 2.24) is 9.80 Å². The third-order valence-electron chi connectivity index (χ3n) is 5.40. The lowest BCUT2D eigenvalue weighted by molar-refractivity contribution is -0.117. The molecule has 0 radical (unpaired) electrons. The Hall–Kier alpha value is -3.64. The first-order chi connectivity index (χ1) is 15.9. The summed E-state index contributed by atoms with van der Waals surface area (Å²) in [7, 11) is 5.77. The van der Waals surface area contributed by atoms with E-state index >= 15 is 0 Å². The summed E-state index contributed by atoms with van der Waals surface area (Å²) in [5, 5.41) is 2.99. The minimum Gasteiger partial charge on any atom is -0.319 e. The van der Waals surface area contributed by atoms with Gasteiger partial charge < -0.3 is 20.0 Å². The Kier molecular flexibility index (Phi) is 8.61. The Labute approximate surface area is 196 Å². The molecule has 0 bridgehead atoms. The van der Waals surface area contributed by atoms with Crippen molar-refractivity contribution in [3.05, 3.63) is 96.1 Å². The zero-order valence-corrected chi connectivity index (χ0v) is 19.6. The lowest BCUT2D eigenvalue weighted by Gasteiger charge is -2.25. The van der Waals surface area contributed by atoms with Crippen molar-refractivity contribution in [3.63, 3.8) is 0 Å². The van der Waals surface area contributed by atoms with Crippen molar-refractivity contribution in [3.8, 4) is 0 Å². The largest absolute Gasteiger partial charge is 0.322 e. The second-order valence-electron chi connectivity index (χ2n) is 8.30. The summed E-state index contributed by atoms with van der Waals surface area (Å²) >= 11 is 0. The van der Waals surface area contributed by atoms with E-state index < -0.39 is 0 Å². The molecule has 0 aliphatic carbocycles. The summed E-state index contributed by atoms with van der Waals surface area (Å²) in [6, 6.07) is 26.9. The first kappa shape index (κ1) is 24.0. The molecule has 0 heterocycles. The van der Waals surface area contributed by atoms with Gasteiger partial charge in [0, 0.05) is 38.1 Å². The molecule has 3 amide bonds. The van der Waals surface area contributed by atoms with Gasteiger partial charge in [0.1, 0.15) is 0 Å². The Bertz CT molecular complexity index is 1020. The quantitative estimate of drug-likeness (QED) is 0.529. The van der Waals surface area contributed by atoms with Gasteiger partial charge in [0.05, 0.1) is 6.42 Å². The van der Waals surface area contributed by atoms with Crippen LogP contribution in [0.4, 0.5) is 16.2 Å². The molecule has 0 saturated heterocycles. The van der Waals surface area contributed by atoms with E-state index in [1.807, 2.05) is 104 Å². The van der Waals surface area contributed by atoms with E-state index in [0.717, 1.165) is 23.4 Å². The molecular weight excluding hydrogens is 412 g/mol. The molecule has 1 N–H and O–H groups in total. The predicted octanol–water partition coefficient (Wildman–Crippen LogP) is 4.49.